The third-order valence-corrected chi connectivity index (χ3v) is 7.35. The standard InChI is InChI=1S/C28H31FN6O3/c1-4-38-28(37)20-9-11-34(12-10-20)25(23-15-21-13-17(2)18(3)14-24(21)30-27(23)36)26-31-32-33-35(26)16-19-5-7-22(29)8-6-19/h5-8,13-15,20,25H,4,9-12,16H2,1-3H3,(H,30,36). The van der Waals surface area contributed by atoms with Crippen LogP contribution in [0.4, 0.5) is 4.39 Å². The van der Waals surface area contributed by atoms with Crippen molar-refractivity contribution in [3.63, 3.8) is 0 Å². The molecule has 0 spiro atoms. The van der Waals surface area contributed by atoms with Crippen molar-refractivity contribution in [3.8, 4) is 0 Å². The fraction of sp³-hybridized carbons (Fsp3) is 0.393. The number of aromatic nitrogens is 5. The number of esters is 1. The van der Waals surface area contributed by atoms with Gasteiger partial charge in [0.25, 0.3) is 5.56 Å². The Hall–Kier alpha value is -3.92. The number of ether oxygens (including phenoxy) is 1. The van der Waals surface area contributed by atoms with Crippen molar-refractivity contribution in [2.75, 3.05) is 19.7 Å². The Morgan fingerprint density at radius 2 is 1.84 bits per heavy atom. The summed E-state index contributed by atoms with van der Waals surface area (Å²) >= 11 is 0. The second-order valence-electron chi connectivity index (χ2n) is 9.86. The van der Waals surface area contributed by atoms with Gasteiger partial charge in [0.1, 0.15) is 11.9 Å². The van der Waals surface area contributed by atoms with Crippen LogP contribution >= 0.6 is 0 Å². The zero-order valence-electron chi connectivity index (χ0n) is 21.8. The molecule has 38 heavy (non-hydrogen) atoms. The molecule has 198 valence electrons. The van der Waals surface area contributed by atoms with Gasteiger partial charge in [0.15, 0.2) is 5.82 Å². The quantitative estimate of drug-likeness (QED) is 0.372. The van der Waals surface area contributed by atoms with Gasteiger partial charge in [0, 0.05) is 24.2 Å². The lowest BCUT2D eigenvalue weighted by molar-refractivity contribution is -0.149. The number of pyridine rings is 1. The van der Waals surface area contributed by atoms with Gasteiger partial charge in [-0.15, -0.1) is 5.10 Å². The molecule has 2 aromatic heterocycles. The molecular weight excluding hydrogens is 487 g/mol. The van der Waals surface area contributed by atoms with Crippen LogP contribution in [0.3, 0.4) is 0 Å². The van der Waals surface area contributed by atoms with Gasteiger partial charge in [0.05, 0.1) is 19.1 Å². The van der Waals surface area contributed by atoms with E-state index in [1.807, 2.05) is 26.0 Å². The molecule has 4 aromatic rings. The SMILES string of the molecule is CCOC(=O)C1CCN(C(c2cc3cc(C)c(C)cc3[nH]c2=O)c2nnnn2Cc2ccc(F)cc2)CC1. The van der Waals surface area contributed by atoms with Crippen LogP contribution < -0.4 is 5.56 Å². The fourth-order valence-corrected chi connectivity index (χ4v) is 5.13. The maximum absolute atomic E-state index is 13.5. The number of aryl methyl sites for hydroxylation is 2. The van der Waals surface area contributed by atoms with Gasteiger partial charge >= 0.3 is 5.97 Å². The zero-order chi connectivity index (χ0) is 26.8. The number of benzene rings is 2. The third-order valence-electron chi connectivity index (χ3n) is 7.35. The highest BCUT2D eigenvalue weighted by Gasteiger charge is 2.35. The number of nitrogens with one attached hydrogen (secondary N) is 1. The number of piperidine rings is 1. The second-order valence-corrected chi connectivity index (χ2v) is 9.86. The average molecular weight is 519 g/mol. The summed E-state index contributed by atoms with van der Waals surface area (Å²) < 4.78 is 20.4. The van der Waals surface area contributed by atoms with Crippen molar-refractivity contribution in [2.45, 2.75) is 46.2 Å². The van der Waals surface area contributed by atoms with E-state index in [1.165, 1.54) is 12.1 Å². The number of H-pyrrole nitrogens is 1. The molecule has 1 N–H and O–H groups in total. The minimum Gasteiger partial charge on any atom is -0.466 e. The summed E-state index contributed by atoms with van der Waals surface area (Å²) in [6.45, 7) is 7.68. The van der Waals surface area contributed by atoms with E-state index in [0.29, 0.717) is 50.5 Å². The Bertz CT molecular complexity index is 1510. The molecule has 1 aliphatic rings. The van der Waals surface area contributed by atoms with Crippen molar-refractivity contribution in [2.24, 2.45) is 5.92 Å². The van der Waals surface area contributed by atoms with Crippen molar-refractivity contribution in [1.82, 2.24) is 30.1 Å². The van der Waals surface area contributed by atoms with Crippen LogP contribution in [0.15, 0.2) is 47.3 Å². The fourth-order valence-electron chi connectivity index (χ4n) is 5.13. The number of fused-ring (bicyclic) bond motifs is 1. The van der Waals surface area contributed by atoms with E-state index in [1.54, 1.807) is 23.7 Å². The van der Waals surface area contributed by atoms with Crippen LogP contribution in [0.1, 0.15) is 53.9 Å². The summed E-state index contributed by atoms with van der Waals surface area (Å²) in [5.74, 6) is -0.166. The van der Waals surface area contributed by atoms with Gasteiger partial charge in [-0.05, 0) is 96.4 Å². The first-order chi connectivity index (χ1) is 18.3. The lowest BCUT2D eigenvalue weighted by Gasteiger charge is -2.36. The molecule has 0 amide bonds. The molecule has 2 aromatic carbocycles. The van der Waals surface area contributed by atoms with Gasteiger partial charge in [-0.3, -0.25) is 14.5 Å². The van der Waals surface area contributed by atoms with E-state index < -0.39 is 6.04 Å². The van der Waals surface area contributed by atoms with Gasteiger partial charge in [0.2, 0.25) is 0 Å². The monoisotopic (exact) mass is 518 g/mol. The number of nitrogens with zero attached hydrogens (tertiary/aromatic N) is 5. The molecule has 0 radical (unpaired) electrons. The number of carbonyl (C=O) groups excluding carboxylic acids is 1. The third kappa shape index (κ3) is 5.22. The van der Waals surface area contributed by atoms with E-state index in [9.17, 15) is 14.0 Å². The number of likely N-dealkylation sites (tertiary alicyclic amines) is 1. The molecule has 1 atom stereocenters. The number of hydrogen-bond donors (Lipinski definition) is 1. The highest BCUT2D eigenvalue weighted by molar-refractivity contribution is 5.81. The summed E-state index contributed by atoms with van der Waals surface area (Å²) in [5.41, 5.74) is 4.15. The molecule has 1 saturated heterocycles. The summed E-state index contributed by atoms with van der Waals surface area (Å²) in [6, 6.07) is 11.6. The molecule has 1 aliphatic heterocycles. The van der Waals surface area contributed by atoms with Gasteiger partial charge in [-0.25, -0.2) is 9.07 Å². The molecule has 9 nitrogen and oxygen atoms in total. The van der Waals surface area contributed by atoms with Crippen LogP contribution in [0.25, 0.3) is 10.9 Å². The van der Waals surface area contributed by atoms with E-state index in [2.05, 4.69) is 31.5 Å². The summed E-state index contributed by atoms with van der Waals surface area (Å²) in [7, 11) is 0. The van der Waals surface area contributed by atoms with Crippen LogP contribution in [0.5, 0.6) is 0 Å². The van der Waals surface area contributed by atoms with Gasteiger partial charge in [-0.1, -0.05) is 12.1 Å². The first kappa shape index (κ1) is 25.7. The first-order valence-electron chi connectivity index (χ1n) is 12.9. The summed E-state index contributed by atoms with van der Waals surface area (Å²) in [5, 5.41) is 13.4. The normalized spacial score (nSPS) is 15.6. The summed E-state index contributed by atoms with van der Waals surface area (Å²) in [4.78, 5) is 31.1. The zero-order valence-corrected chi connectivity index (χ0v) is 21.8. The van der Waals surface area contributed by atoms with Crippen LogP contribution in [0, 0.1) is 25.6 Å². The number of carbonyl (C=O) groups is 1. The molecule has 5 rings (SSSR count). The van der Waals surface area contributed by atoms with E-state index in [4.69, 9.17) is 4.74 Å². The molecule has 3 heterocycles. The lowest BCUT2D eigenvalue weighted by Crippen LogP contribution is -2.42. The molecule has 0 saturated carbocycles. The van der Waals surface area contributed by atoms with Crippen LogP contribution in [-0.4, -0.2) is 55.8 Å². The average Bonchev–Trinajstić information content (AvgIpc) is 3.35. The molecule has 1 fully saturated rings. The van der Waals surface area contributed by atoms with Crippen LogP contribution in [0.2, 0.25) is 0 Å². The minimum absolute atomic E-state index is 0.178. The van der Waals surface area contributed by atoms with Crippen molar-refractivity contribution < 1.29 is 13.9 Å². The second kappa shape index (κ2) is 10.8. The largest absolute Gasteiger partial charge is 0.466 e. The topological polar surface area (TPSA) is 106 Å². The number of rotatable bonds is 7. The maximum atomic E-state index is 13.5. The van der Waals surface area contributed by atoms with Crippen molar-refractivity contribution >= 4 is 16.9 Å². The Morgan fingerprint density at radius 1 is 1.13 bits per heavy atom. The number of tetrazole rings is 1. The van der Waals surface area contributed by atoms with E-state index in [0.717, 1.165) is 27.6 Å². The first-order valence-corrected chi connectivity index (χ1v) is 12.9. The Morgan fingerprint density at radius 3 is 2.55 bits per heavy atom. The summed E-state index contributed by atoms with van der Waals surface area (Å²) in [6.07, 6.45) is 1.22. The van der Waals surface area contributed by atoms with Crippen molar-refractivity contribution in [1.29, 1.82) is 0 Å². The van der Waals surface area contributed by atoms with Crippen LogP contribution in [-0.2, 0) is 16.1 Å². The molecule has 0 bridgehead atoms. The highest BCUT2D eigenvalue weighted by atomic mass is 19.1. The van der Waals surface area contributed by atoms with E-state index >= 15 is 0 Å². The molecule has 0 aliphatic carbocycles. The maximum Gasteiger partial charge on any atom is 0.309 e. The number of hydrogen-bond acceptors (Lipinski definition) is 7. The molecule has 10 heteroatoms. The van der Waals surface area contributed by atoms with Gasteiger partial charge < -0.3 is 9.72 Å². The lowest BCUT2D eigenvalue weighted by atomic mass is 9.93. The minimum atomic E-state index is -0.539. The molecule has 1 unspecified atom stereocenters. The van der Waals surface area contributed by atoms with E-state index in [-0.39, 0.29) is 23.3 Å². The highest BCUT2D eigenvalue weighted by Crippen LogP contribution is 2.32. The predicted octanol–water partition coefficient (Wildman–Crippen LogP) is 3.68. The predicted molar refractivity (Wildman–Crippen MR) is 140 cm³/mol. The van der Waals surface area contributed by atoms with Gasteiger partial charge in [-0.2, -0.15) is 0 Å². The number of aromatic amines is 1. The number of halogens is 1. The smallest absolute Gasteiger partial charge is 0.309 e. The Labute approximate surface area is 219 Å². The Balaban J connectivity index is 1.55. The molecular formula is C28H31FN6O3. The Kier molecular flexibility index (Phi) is 7.33. The van der Waals surface area contributed by atoms with Crippen molar-refractivity contribution in [3.05, 3.63) is 86.7 Å².